The summed E-state index contributed by atoms with van der Waals surface area (Å²) in [6.07, 6.45) is -0.190. The number of amides is 2. The fraction of sp³-hybridized carbons (Fsp3) is 0.290. The van der Waals surface area contributed by atoms with Crippen LogP contribution in [0.4, 0.5) is 11.4 Å². The first-order valence-corrected chi connectivity index (χ1v) is 15.4. The summed E-state index contributed by atoms with van der Waals surface area (Å²) in [4.78, 5) is 74.4. The Morgan fingerprint density at radius 3 is 1.40 bits per heavy atom. The zero-order valence-electron chi connectivity index (χ0n) is 24.2. The van der Waals surface area contributed by atoms with Crippen LogP contribution >= 0.6 is 22.7 Å². The minimum Gasteiger partial charge on any atom is -0.495 e. The van der Waals surface area contributed by atoms with Crippen molar-refractivity contribution in [3.63, 3.8) is 0 Å². The van der Waals surface area contributed by atoms with Crippen molar-refractivity contribution in [1.29, 1.82) is 0 Å². The Morgan fingerprint density at radius 2 is 1.07 bits per heavy atom. The lowest BCUT2D eigenvalue weighted by atomic mass is 10.0. The van der Waals surface area contributed by atoms with Gasteiger partial charge in [-0.1, -0.05) is 0 Å². The number of aliphatic carboxylic acids is 2. The summed E-state index contributed by atoms with van der Waals surface area (Å²) in [5.41, 5.74) is -0.721. The number of carbonyl (C=O) groups excluding carboxylic acids is 4. The number of hydrogen-bond acceptors (Lipinski definition) is 10. The molecule has 14 heteroatoms. The fourth-order valence-electron chi connectivity index (χ4n) is 4.80. The summed E-state index contributed by atoms with van der Waals surface area (Å²) in [5, 5.41) is 24.7. The third kappa shape index (κ3) is 6.66. The van der Waals surface area contributed by atoms with Crippen molar-refractivity contribution in [2.24, 2.45) is 5.41 Å². The number of hydrogen-bond donors (Lipinski definition) is 4. The van der Waals surface area contributed by atoms with E-state index in [0.29, 0.717) is 65.6 Å². The molecule has 1 aliphatic carbocycles. The predicted octanol–water partition coefficient (Wildman–Crippen LogP) is 5.59. The first-order valence-electron chi connectivity index (χ1n) is 13.8. The van der Waals surface area contributed by atoms with Gasteiger partial charge in [-0.2, -0.15) is 0 Å². The molecule has 0 atom stereocenters. The second kappa shape index (κ2) is 12.7. The monoisotopic (exact) mass is 652 g/mol. The van der Waals surface area contributed by atoms with Crippen LogP contribution in [-0.2, 0) is 19.2 Å². The van der Waals surface area contributed by atoms with Crippen LogP contribution in [-0.4, -0.2) is 59.8 Å². The summed E-state index contributed by atoms with van der Waals surface area (Å²) < 4.78 is 12.4. The average Bonchev–Trinajstić information content (AvgIpc) is 3.56. The number of carbonyl (C=O) groups is 6. The van der Waals surface area contributed by atoms with E-state index in [4.69, 9.17) is 19.7 Å². The Balaban J connectivity index is 1.34. The van der Waals surface area contributed by atoms with E-state index in [1.54, 1.807) is 36.4 Å². The third-order valence-corrected chi connectivity index (χ3v) is 9.75. The second-order valence-corrected chi connectivity index (χ2v) is 12.7. The highest BCUT2D eigenvalue weighted by Crippen LogP contribution is 2.49. The lowest BCUT2D eigenvalue weighted by molar-refractivity contribution is -0.137. The second-order valence-electron chi connectivity index (χ2n) is 10.5. The van der Waals surface area contributed by atoms with Gasteiger partial charge in [-0.25, -0.2) is 0 Å². The Morgan fingerprint density at radius 1 is 0.667 bits per heavy atom. The lowest BCUT2D eigenvalue weighted by Gasteiger charge is -2.18. The smallest absolute Gasteiger partial charge is 0.303 e. The number of rotatable bonds is 14. The minimum atomic E-state index is -1.35. The standard InChI is InChI=1S/C31H28N2O10S2/c1-42-21-13-23-15(11-25(44-23)19(34)3-5-27(36)37)9-17(21)32-29(40)31(7-8-31)30(41)33-18-10-16-12-26(20(35)4-6-28(38)39)45-24(16)14-22(18)43-2/h9-14H,3-8H2,1-2H3,(H,32,40)(H,33,41)(H,36,37)(H,38,39). The molecule has 1 saturated carbocycles. The number of nitrogens with one attached hydrogen (secondary N) is 2. The van der Waals surface area contributed by atoms with Gasteiger partial charge in [-0.3, -0.25) is 28.8 Å². The van der Waals surface area contributed by atoms with Crippen LogP contribution in [0.25, 0.3) is 20.2 Å². The van der Waals surface area contributed by atoms with Crippen molar-refractivity contribution in [2.45, 2.75) is 38.5 Å². The molecule has 45 heavy (non-hydrogen) atoms. The van der Waals surface area contributed by atoms with Crippen LogP contribution in [0, 0.1) is 5.41 Å². The molecule has 2 aromatic heterocycles. The van der Waals surface area contributed by atoms with Gasteiger partial charge in [0.05, 0.1) is 48.2 Å². The maximum Gasteiger partial charge on any atom is 0.303 e. The van der Waals surface area contributed by atoms with Crippen molar-refractivity contribution < 1.29 is 48.5 Å². The summed E-state index contributed by atoms with van der Waals surface area (Å²) in [5.74, 6) is -3.12. The number of carboxylic acids is 2. The molecule has 4 N–H and O–H groups in total. The maximum atomic E-state index is 13.5. The summed E-state index contributed by atoms with van der Waals surface area (Å²) in [6.45, 7) is 0. The lowest BCUT2D eigenvalue weighted by Crippen LogP contribution is -2.35. The normalized spacial score (nSPS) is 13.3. The van der Waals surface area contributed by atoms with E-state index < -0.39 is 29.2 Å². The Bertz CT molecular complexity index is 1750. The van der Waals surface area contributed by atoms with E-state index in [2.05, 4.69) is 10.6 Å². The average molecular weight is 653 g/mol. The van der Waals surface area contributed by atoms with Gasteiger partial charge in [0.2, 0.25) is 11.8 Å². The first-order chi connectivity index (χ1) is 21.4. The van der Waals surface area contributed by atoms with Gasteiger partial charge in [0.1, 0.15) is 16.9 Å². The summed E-state index contributed by atoms with van der Waals surface area (Å²) >= 11 is 2.39. The predicted molar refractivity (Wildman–Crippen MR) is 168 cm³/mol. The number of fused-ring (bicyclic) bond motifs is 2. The minimum absolute atomic E-state index is 0.128. The number of benzene rings is 2. The number of carboxylic acid groups (broad SMARTS) is 2. The van der Waals surface area contributed by atoms with Crippen LogP contribution in [0.5, 0.6) is 11.5 Å². The summed E-state index contributed by atoms with van der Waals surface area (Å²) in [7, 11) is 2.86. The van der Waals surface area contributed by atoms with E-state index in [9.17, 15) is 28.8 Å². The van der Waals surface area contributed by atoms with E-state index in [1.807, 2.05) is 0 Å². The molecule has 0 bridgehead atoms. The maximum absolute atomic E-state index is 13.5. The van der Waals surface area contributed by atoms with Crippen molar-refractivity contribution in [3.8, 4) is 11.5 Å². The topological polar surface area (TPSA) is 185 Å². The molecule has 0 radical (unpaired) electrons. The SMILES string of the molecule is COc1cc2sc(C(=O)CCC(=O)O)cc2cc1NC(=O)C1(C(=O)Nc2cc3cc(C(=O)CCC(=O)O)sc3cc2OC)CC1. The van der Waals surface area contributed by atoms with Gasteiger partial charge in [-0.05, 0) is 47.9 Å². The molecule has 0 spiro atoms. The highest BCUT2D eigenvalue weighted by molar-refractivity contribution is 7.21. The van der Waals surface area contributed by atoms with Gasteiger partial charge in [0.15, 0.2) is 11.6 Å². The molecule has 4 aromatic rings. The molecule has 0 aliphatic heterocycles. The largest absolute Gasteiger partial charge is 0.495 e. The van der Waals surface area contributed by atoms with Gasteiger partial charge >= 0.3 is 11.9 Å². The quantitative estimate of drug-likeness (QED) is 0.0989. The van der Waals surface area contributed by atoms with Crippen molar-refractivity contribution in [3.05, 3.63) is 46.2 Å². The molecular weight excluding hydrogens is 624 g/mol. The molecule has 234 valence electrons. The zero-order valence-corrected chi connectivity index (χ0v) is 25.8. The fourth-order valence-corrected chi connectivity index (χ4v) is 6.88. The molecule has 0 saturated heterocycles. The van der Waals surface area contributed by atoms with Crippen LogP contribution in [0.3, 0.4) is 0 Å². The molecule has 12 nitrogen and oxygen atoms in total. The number of Topliss-reactive ketones (excluding diaryl/α,β-unsaturated/α-hetero) is 2. The molecule has 2 amide bonds. The number of anilines is 2. The Labute approximate surface area is 263 Å². The molecule has 1 fully saturated rings. The molecule has 5 rings (SSSR count). The molecule has 2 aromatic carbocycles. The van der Waals surface area contributed by atoms with Gasteiger partial charge in [0.25, 0.3) is 0 Å². The molecule has 2 heterocycles. The molecular formula is C31H28N2O10S2. The zero-order chi connectivity index (χ0) is 32.5. The van der Waals surface area contributed by atoms with Crippen LogP contribution < -0.4 is 20.1 Å². The van der Waals surface area contributed by atoms with E-state index in [0.717, 1.165) is 0 Å². The van der Waals surface area contributed by atoms with Crippen LogP contribution in [0.15, 0.2) is 36.4 Å². The van der Waals surface area contributed by atoms with Gasteiger partial charge < -0.3 is 30.3 Å². The number of ketones is 2. The van der Waals surface area contributed by atoms with E-state index in [-0.39, 0.29) is 37.2 Å². The Kier molecular flexibility index (Phi) is 8.89. The molecule has 1 aliphatic rings. The molecule has 0 unspecified atom stereocenters. The van der Waals surface area contributed by atoms with E-state index in [1.165, 1.54) is 36.9 Å². The van der Waals surface area contributed by atoms with Crippen LogP contribution in [0.2, 0.25) is 0 Å². The van der Waals surface area contributed by atoms with Crippen molar-refractivity contribution in [2.75, 3.05) is 24.9 Å². The van der Waals surface area contributed by atoms with E-state index >= 15 is 0 Å². The first kappa shape index (κ1) is 31.6. The van der Waals surface area contributed by atoms with Crippen molar-refractivity contribution >= 4 is 89.5 Å². The van der Waals surface area contributed by atoms with Gasteiger partial charge in [-0.15, -0.1) is 22.7 Å². The Hall–Kier alpha value is -4.82. The third-order valence-electron chi connectivity index (χ3n) is 7.47. The van der Waals surface area contributed by atoms with Crippen LogP contribution in [0.1, 0.15) is 57.9 Å². The highest BCUT2D eigenvalue weighted by atomic mass is 32.1. The van der Waals surface area contributed by atoms with Crippen molar-refractivity contribution in [1.82, 2.24) is 0 Å². The van der Waals surface area contributed by atoms with Gasteiger partial charge in [0, 0.05) is 34.4 Å². The summed E-state index contributed by atoms with van der Waals surface area (Å²) in [6, 6.07) is 9.91. The number of methoxy groups -OCH3 is 2. The number of thiophene rings is 2. The number of ether oxygens (including phenoxy) is 2. The highest BCUT2D eigenvalue weighted by Gasteiger charge is 2.56.